The molecular weight excluding hydrogens is 236 g/mol. The predicted molar refractivity (Wildman–Crippen MR) is 64.9 cm³/mol. The van der Waals surface area contributed by atoms with Crippen LogP contribution in [0.1, 0.15) is 29.9 Å². The molecule has 0 fully saturated rings. The van der Waals surface area contributed by atoms with Crippen LogP contribution in [0.15, 0.2) is 24.5 Å². The molecule has 2 N–H and O–H groups in total. The van der Waals surface area contributed by atoms with Crippen molar-refractivity contribution in [2.24, 2.45) is 0 Å². The zero-order valence-electron chi connectivity index (χ0n) is 10.3. The van der Waals surface area contributed by atoms with Gasteiger partial charge >= 0.3 is 0 Å². The standard InChI is InChI=1S/C13H15F2N3/c1-8-5-12(15)10(6-11(8)14)9(2)18-7-13-16-3-4-17-13/h3-6,9,18H,7H2,1-2H3,(H,16,17). The molecule has 18 heavy (non-hydrogen) atoms. The highest BCUT2D eigenvalue weighted by Gasteiger charge is 2.13. The number of hydrogen-bond acceptors (Lipinski definition) is 2. The molecule has 1 aromatic carbocycles. The van der Waals surface area contributed by atoms with Gasteiger partial charge in [-0.1, -0.05) is 0 Å². The molecule has 0 saturated heterocycles. The van der Waals surface area contributed by atoms with E-state index in [1.165, 1.54) is 12.1 Å². The fourth-order valence-corrected chi connectivity index (χ4v) is 1.75. The summed E-state index contributed by atoms with van der Waals surface area (Å²) in [6.07, 6.45) is 3.36. The normalized spacial score (nSPS) is 12.7. The van der Waals surface area contributed by atoms with Gasteiger partial charge in [0.15, 0.2) is 0 Å². The number of halogens is 2. The molecule has 1 heterocycles. The van der Waals surface area contributed by atoms with Gasteiger partial charge in [-0.3, -0.25) is 0 Å². The third-order valence-corrected chi connectivity index (χ3v) is 2.88. The Morgan fingerprint density at radius 1 is 1.33 bits per heavy atom. The lowest BCUT2D eigenvalue weighted by Crippen LogP contribution is -2.20. The number of aromatic amines is 1. The predicted octanol–water partition coefficient (Wildman–Crippen LogP) is 2.85. The molecule has 2 rings (SSSR count). The number of nitrogens with zero attached hydrogens (tertiary/aromatic N) is 1. The quantitative estimate of drug-likeness (QED) is 0.877. The van der Waals surface area contributed by atoms with Gasteiger partial charge in [0.1, 0.15) is 17.5 Å². The van der Waals surface area contributed by atoms with Crippen molar-refractivity contribution in [1.82, 2.24) is 15.3 Å². The van der Waals surface area contributed by atoms with Gasteiger partial charge in [-0.05, 0) is 31.5 Å². The van der Waals surface area contributed by atoms with Crippen LogP contribution < -0.4 is 5.32 Å². The monoisotopic (exact) mass is 251 g/mol. The van der Waals surface area contributed by atoms with Gasteiger partial charge in [-0.2, -0.15) is 0 Å². The Morgan fingerprint density at radius 3 is 2.78 bits per heavy atom. The molecule has 1 atom stereocenters. The van der Waals surface area contributed by atoms with Gasteiger partial charge in [0.25, 0.3) is 0 Å². The smallest absolute Gasteiger partial charge is 0.128 e. The molecule has 0 aliphatic carbocycles. The maximum absolute atomic E-state index is 13.7. The number of rotatable bonds is 4. The molecule has 3 nitrogen and oxygen atoms in total. The van der Waals surface area contributed by atoms with Crippen LogP contribution in [-0.4, -0.2) is 9.97 Å². The summed E-state index contributed by atoms with van der Waals surface area (Å²) in [5, 5.41) is 3.09. The molecule has 0 aliphatic heterocycles. The van der Waals surface area contributed by atoms with Crippen LogP contribution in [-0.2, 0) is 6.54 Å². The van der Waals surface area contributed by atoms with E-state index in [0.717, 1.165) is 5.82 Å². The topological polar surface area (TPSA) is 40.7 Å². The number of benzene rings is 1. The van der Waals surface area contributed by atoms with Crippen molar-refractivity contribution in [3.8, 4) is 0 Å². The molecule has 2 aromatic rings. The van der Waals surface area contributed by atoms with Gasteiger partial charge in [-0.25, -0.2) is 13.8 Å². The average molecular weight is 251 g/mol. The van der Waals surface area contributed by atoms with Gasteiger partial charge in [0.2, 0.25) is 0 Å². The number of H-pyrrole nitrogens is 1. The molecule has 0 amide bonds. The number of aryl methyl sites for hydroxylation is 1. The highest BCUT2D eigenvalue weighted by molar-refractivity contribution is 5.27. The van der Waals surface area contributed by atoms with Gasteiger partial charge in [0.05, 0.1) is 6.54 Å². The van der Waals surface area contributed by atoms with Crippen LogP contribution in [0.4, 0.5) is 8.78 Å². The molecule has 0 aliphatic rings. The third-order valence-electron chi connectivity index (χ3n) is 2.88. The zero-order chi connectivity index (χ0) is 13.1. The fourth-order valence-electron chi connectivity index (χ4n) is 1.75. The average Bonchev–Trinajstić information content (AvgIpc) is 2.84. The minimum atomic E-state index is -0.395. The summed E-state index contributed by atoms with van der Waals surface area (Å²) >= 11 is 0. The van der Waals surface area contributed by atoms with Gasteiger partial charge < -0.3 is 10.3 Å². The Balaban J connectivity index is 2.09. The van der Waals surface area contributed by atoms with Gasteiger partial charge in [-0.15, -0.1) is 0 Å². The largest absolute Gasteiger partial charge is 0.348 e. The second-order valence-corrected chi connectivity index (χ2v) is 4.26. The summed E-state index contributed by atoms with van der Waals surface area (Å²) in [6.45, 7) is 3.81. The number of imidazole rings is 1. The Hall–Kier alpha value is -1.75. The zero-order valence-corrected chi connectivity index (χ0v) is 10.3. The van der Waals surface area contributed by atoms with Crippen LogP contribution in [0.3, 0.4) is 0 Å². The maximum Gasteiger partial charge on any atom is 0.128 e. The van der Waals surface area contributed by atoms with Crippen molar-refractivity contribution in [1.29, 1.82) is 0 Å². The van der Waals surface area contributed by atoms with Crippen molar-refractivity contribution >= 4 is 0 Å². The summed E-state index contributed by atoms with van der Waals surface area (Å²) in [5.41, 5.74) is 0.638. The summed E-state index contributed by atoms with van der Waals surface area (Å²) in [6, 6.07) is 2.17. The third kappa shape index (κ3) is 2.73. The van der Waals surface area contributed by atoms with Crippen LogP contribution in [0.2, 0.25) is 0 Å². The SMILES string of the molecule is Cc1cc(F)c(C(C)NCc2ncc[nH]2)cc1F. The lowest BCUT2D eigenvalue weighted by molar-refractivity contribution is 0.511. The van der Waals surface area contributed by atoms with E-state index in [-0.39, 0.29) is 6.04 Å². The van der Waals surface area contributed by atoms with E-state index in [0.29, 0.717) is 17.7 Å². The van der Waals surface area contributed by atoms with E-state index in [2.05, 4.69) is 15.3 Å². The maximum atomic E-state index is 13.7. The minimum Gasteiger partial charge on any atom is -0.348 e. The number of hydrogen-bond donors (Lipinski definition) is 2. The van der Waals surface area contributed by atoms with E-state index in [1.807, 2.05) is 0 Å². The lowest BCUT2D eigenvalue weighted by Gasteiger charge is -2.15. The van der Waals surface area contributed by atoms with Crippen molar-refractivity contribution in [2.45, 2.75) is 26.4 Å². The van der Waals surface area contributed by atoms with Crippen LogP contribution >= 0.6 is 0 Å². The van der Waals surface area contributed by atoms with Crippen LogP contribution in [0.25, 0.3) is 0 Å². The first-order valence-electron chi connectivity index (χ1n) is 5.75. The summed E-state index contributed by atoms with van der Waals surface area (Å²) in [4.78, 5) is 6.99. The second-order valence-electron chi connectivity index (χ2n) is 4.26. The van der Waals surface area contributed by atoms with E-state index in [1.54, 1.807) is 26.2 Å². The van der Waals surface area contributed by atoms with E-state index < -0.39 is 11.6 Å². The van der Waals surface area contributed by atoms with Crippen molar-refractivity contribution in [3.63, 3.8) is 0 Å². The minimum absolute atomic E-state index is 0.287. The van der Waals surface area contributed by atoms with Gasteiger partial charge in [0, 0.05) is 24.0 Å². The molecular formula is C13H15F2N3. The van der Waals surface area contributed by atoms with Crippen molar-refractivity contribution in [2.75, 3.05) is 0 Å². The second kappa shape index (κ2) is 5.27. The van der Waals surface area contributed by atoms with Crippen molar-refractivity contribution in [3.05, 3.63) is 53.1 Å². The molecule has 0 saturated carbocycles. The Labute approximate surface area is 104 Å². The van der Waals surface area contributed by atoms with E-state index in [9.17, 15) is 8.78 Å². The highest BCUT2D eigenvalue weighted by Crippen LogP contribution is 2.20. The molecule has 96 valence electrons. The van der Waals surface area contributed by atoms with Crippen LogP contribution in [0.5, 0.6) is 0 Å². The van der Waals surface area contributed by atoms with Crippen molar-refractivity contribution < 1.29 is 8.78 Å². The first kappa shape index (κ1) is 12.7. The van der Waals surface area contributed by atoms with E-state index >= 15 is 0 Å². The molecule has 0 spiro atoms. The number of nitrogens with one attached hydrogen (secondary N) is 2. The Kier molecular flexibility index (Phi) is 3.72. The first-order valence-corrected chi connectivity index (χ1v) is 5.75. The summed E-state index contributed by atoms with van der Waals surface area (Å²) in [5.74, 6) is -0.0266. The molecule has 5 heteroatoms. The summed E-state index contributed by atoms with van der Waals surface area (Å²) < 4.78 is 27.1. The number of aromatic nitrogens is 2. The first-order chi connectivity index (χ1) is 8.58. The Morgan fingerprint density at radius 2 is 2.11 bits per heavy atom. The van der Waals surface area contributed by atoms with Crippen LogP contribution in [0, 0.1) is 18.6 Å². The summed E-state index contributed by atoms with van der Waals surface area (Å²) in [7, 11) is 0. The van der Waals surface area contributed by atoms with E-state index in [4.69, 9.17) is 0 Å². The molecule has 1 aromatic heterocycles. The Bertz CT molecular complexity index is 523. The highest BCUT2D eigenvalue weighted by atomic mass is 19.1. The lowest BCUT2D eigenvalue weighted by atomic mass is 10.1. The molecule has 1 unspecified atom stereocenters. The fraction of sp³-hybridized carbons (Fsp3) is 0.308. The molecule has 0 bridgehead atoms. The molecule has 0 radical (unpaired) electrons.